The third-order valence-corrected chi connectivity index (χ3v) is 7.04. The molecule has 6 nitrogen and oxygen atoms in total. The Balaban J connectivity index is 1.40. The number of amides is 1. The highest BCUT2D eigenvalue weighted by Crippen LogP contribution is 2.33. The van der Waals surface area contributed by atoms with Gasteiger partial charge in [0.05, 0.1) is 11.0 Å². The lowest BCUT2D eigenvalue weighted by atomic mass is 9.83. The largest absolute Gasteiger partial charge is 0.381 e. The number of carbonyl (C=O) groups excluding carboxylic acids is 1. The first-order valence-corrected chi connectivity index (χ1v) is 11.1. The van der Waals surface area contributed by atoms with Crippen LogP contribution in [0.2, 0.25) is 0 Å². The summed E-state index contributed by atoms with van der Waals surface area (Å²) >= 11 is 1.50. The van der Waals surface area contributed by atoms with Crippen LogP contribution >= 0.6 is 11.3 Å². The van der Waals surface area contributed by atoms with Crippen LogP contribution in [0.25, 0.3) is 21.5 Å². The van der Waals surface area contributed by atoms with Gasteiger partial charge in [-0.25, -0.2) is 4.98 Å². The number of aromatic nitrogens is 2. The van der Waals surface area contributed by atoms with Gasteiger partial charge in [-0.1, -0.05) is 0 Å². The summed E-state index contributed by atoms with van der Waals surface area (Å²) in [6, 6.07) is 7.91. The summed E-state index contributed by atoms with van der Waals surface area (Å²) in [6.45, 7) is 0.461. The van der Waals surface area contributed by atoms with Crippen molar-refractivity contribution in [3.63, 3.8) is 0 Å². The number of pyridine rings is 1. The van der Waals surface area contributed by atoms with E-state index in [1.54, 1.807) is 13.3 Å². The monoisotopic (exact) mass is 412 g/mol. The number of hydrogen-bond donors (Lipinski definition) is 3. The molecule has 0 aromatic carbocycles. The van der Waals surface area contributed by atoms with Crippen molar-refractivity contribution in [2.24, 2.45) is 11.7 Å². The number of nitrogens with zero attached hydrogens (tertiary/aromatic N) is 1. The predicted molar refractivity (Wildman–Crippen MR) is 117 cm³/mol. The van der Waals surface area contributed by atoms with Crippen molar-refractivity contribution < 1.29 is 9.53 Å². The number of thiophene rings is 1. The third kappa shape index (κ3) is 4.52. The van der Waals surface area contributed by atoms with Crippen molar-refractivity contribution in [1.29, 1.82) is 0 Å². The molecule has 7 heteroatoms. The van der Waals surface area contributed by atoms with E-state index in [9.17, 15) is 4.79 Å². The highest BCUT2D eigenvalue weighted by Gasteiger charge is 2.24. The van der Waals surface area contributed by atoms with Crippen LogP contribution in [0.3, 0.4) is 0 Å². The van der Waals surface area contributed by atoms with Crippen LogP contribution in [0.15, 0.2) is 36.7 Å². The second-order valence-corrected chi connectivity index (χ2v) is 8.87. The number of carbonyl (C=O) groups is 1. The molecule has 1 saturated carbocycles. The predicted octanol–water partition coefficient (Wildman–Crippen LogP) is 3.94. The summed E-state index contributed by atoms with van der Waals surface area (Å²) < 4.78 is 5.45. The van der Waals surface area contributed by atoms with Crippen LogP contribution in [0.4, 0.5) is 0 Å². The third-order valence-electron chi connectivity index (χ3n) is 5.92. The zero-order valence-electron chi connectivity index (χ0n) is 16.7. The van der Waals surface area contributed by atoms with Crippen LogP contribution in [-0.2, 0) is 4.74 Å². The molecule has 29 heavy (non-hydrogen) atoms. The van der Waals surface area contributed by atoms with Crippen molar-refractivity contribution >= 4 is 28.3 Å². The van der Waals surface area contributed by atoms with E-state index in [-0.39, 0.29) is 11.9 Å². The molecule has 3 aromatic heterocycles. The second kappa shape index (κ2) is 9.07. The maximum Gasteiger partial charge on any atom is 0.261 e. The van der Waals surface area contributed by atoms with Gasteiger partial charge in [-0.2, -0.15) is 0 Å². The van der Waals surface area contributed by atoms with Gasteiger partial charge in [-0.05, 0) is 62.3 Å². The first-order valence-electron chi connectivity index (χ1n) is 10.2. The number of aromatic amines is 1. The lowest BCUT2D eigenvalue weighted by molar-refractivity contribution is 0.0536. The lowest BCUT2D eigenvalue weighted by Gasteiger charge is -2.30. The Morgan fingerprint density at radius 1 is 1.31 bits per heavy atom. The molecule has 4 rings (SSSR count). The number of methoxy groups -OCH3 is 1. The zero-order valence-corrected chi connectivity index (χ0v) is 17.5. The molecule has 0 spiro atoms. The minimum Gasteiger partial charge on any atom is -0.381 e. The number of fused-ring (bicyclic) bond motifs is 1. The molecule has 3 aromatic rings. The SMILES string of the molecule is COC1CCC(CC(CN)NC(=O)c2ccc(-c3ccnc4[nH]ccc34)s2)CC1. The molecule has 0 bridgehead atoms. The van der Waals surface area contributed by atoms with E-state index in [0.29, 0.717) is 23.4 Å². The maximum atomic E-state index is 12.8. The Bertz CT molecular complexity index is 959. The molecule has 0 saturated heterocycles. The topological polar surface area (TPSA) is 93.0 Å². The average Bonchev–Trinajstić information content (AvgIpc) is 3.43. The quantitative estimate of drug-likeness (QED) is 0.548. The van der Waals surface area contributed by atoms with Gasteiger partial charge in [-0.3, -0.25) is 4.79 Å². The van der Waals surface area contributed by atoms with Crippen molar-refractivity contribution in [1.82, 2.24) is 15.3 Å². The molecular weight excluding hydrogens is 384 g/mol. The molecule has 3 heterocycles. The first kappa shape index (κ1) is 20.1. The van der Waals surface area contributed by atoms with E-state index in [4.69, 9.17) is 10.5 Å². The molecule has 154 valence electrons. The Morgan fingerprint density at radius 2 is 2.14 bits per heavy atom. The molecule has 4 N–H and O–H groups in total. The molecular formula is C22H28N4O2S. The smallest absolute Gasteiger partial charge is 0.261 e. The number of ether oxygens (including phenoxy) is 1. The van der Waals surface area contributed by atoms with Gasteiger partial charge in [0, 0.05) is 47.9 Å². The number of hydrogen-bond acceptors (Lipinski definition) is 5. The van der Waals surface area contributed by atoms with Crippen LogP contribution in [0, 0.1) is 5.92 Å². The van der Waals surface area contributed by atoms with Gasteiger partial charge in [0.15, 0.2) is 0 Å². The molecule has 0 aliphatic heterocycles. The van der Waals surface area contributed by atoms with E-state index in [0.717, 1.165) is 53.6 Å². The van der Waals surface area contributed by atoms with E-state index >= 15 is 0 Å². The normalized spacial score (nSPS) is 20.6. The minimum atomic E-state index is -0.0401. The molecule has 0 radical (unpaired) electrons. The number of H-pyrrole nitrogens is 1. The van der Waals surface area contributed by atoms with E-state index in [1.165, 1.54) is 11.3 Å². The summed E-state index contributed by atoms with van der Waals surface area (Å²) in [5.74, 6) is 0.564. The van der Waals surface area contributed by atoms with Gasteiger partial charge in [0.25, 0.3) is 5.91 Å². The summed E-state index contributed by atoms with van der Waals surface area (Å²) in [5, 5.41) is 4.21. The summed E-state index contributed by atoms with van der Waals surface area (Å²) in [7, 11) is 1.79. The standard InChI is InChI=1S/C22H28N4O2S/c1-28-16-4-2-14(3-5-16)12-15(13-23)26-22(27)20-7-6-19(29-20)17-8-10-24-21-18(17)9-11-25-21/h6-11,14-16H,2-5,12-13,23H2,1H3,(H,24,25)(H,26,27). The van der Waals surface area contributed by atoms with E-state index < -0.39 is 0 Å². The highest BCUT2D eigenvalue weighted by atomic mass is 32.1. The highest BCUT2D eigenvalue weighted by molar-refractivity contribution is 7.17. The fraction of sp³-hybridized carbons (Fsp3) is 0.455. The Morgan fingerprint density at radius 3 is 2.90 bits per heavy atom. The summed E-state index contributed by atoms with van der Waals surface area (Å²) in [6.07, 6.45) is 9.48. The molecule has 1 amide bonds. The second-order valence-electron chi connectivity index (χ2n) is 7.78. The van der Waals surface area contributed by atoms with Gasteiger partial charge in [0.1, 0.15) is 5.65 Å². The number of nitrogens with two attached hydrogens (primary N) is 1. The van der Waals surface area contributed by atoms with Gasteiger partial charge in [0.2, 0.25) is 0 Å². The Labute approximate surface area is 174 Å². The van der Waals surface area contributed by atoms with Crippen molar-refractivity contribution in [2.75, 3.05) is 13.7 Å². The van der Waals surface area contributed by atoms with Gasteiger partial charge < -0.3 is 20.8 Å². The first-order chi connectivity index (χ1) is 14.2. The zero-order chi connectivity index (χ0) is 20.2. The van der Waals surface area contributed by atoms with Crippen LogP contribution in [0.1, 0.15) is 41.8 Å². The van der Waals surface area contributed by atoms with Gasteiger partial charge >= 0.3 is 0 Å². The Kier molecular flexibility index (Phi) is 6.28. The molecule has 1 aliphatic carbocycles. The molecule has 1 aliphatic rings. The van der Waals surface area contributed by atoms with Crippen LogP contribution < -0.4 is 11.1 Å². The lowest BCUT2D eigenvalue weighted by Crippen LogP contribution is -2.41. The van der Waals surface area contributed by atoms with Crippen molar-refractivity contribution in [3.8, 4) is 10.4 Å². The van der Waals surface area contributed by atoms with Gasteiger partial charge in [-0.15, -0.1) is 11.3 Å². The maximum absolute atomic E-state index is 12.8. The Hall–Kier alpha value is -2.22. The number of nitrogens with one attached hydrogen (secondary N) is 2. The van der Waals surface area contributed by atoms with Crippen molar-refractivity contribution in [3.05, 3.63) is 41.5 Å². The minimum absolute atomic E-state index is 0.00875. The van der Waals surface area contributed by atoms with Crippen LogP contribution in [0.5, 0.6) is 0 Å². The van der Waals surface area contributed by atoms with E-state index in [1.807, 2.05) is 30.5 Å². The average molecular weight is 413 g/mol. The summed E-state index contributed by atoms with van der Waals surface area (Å²) in [4.78, 5) is 22.1. The number of rotatable bonds is 7. The van der Waals surface area contributed by atoms with E-state index in [2.05, 4.69) is 15.3 Å². The van der Waals surface area contributed by atoms with Crippen LogP contribution in [-0.4, -0.2) is 41.7 Å². The fourth-order valence-electron chi connectivity index (χ4n) is 4.26. The molecule has 1 fully saturated rings. The molecule has 1 unspecified atom stereocenters. The fourth-order valence-corrected chi connectivity index (χ4v) is 5.21. The summed E-state index contributed by atoms with van der Waals surface area (Å²) in [5.41, 5.74) is 7.91. The molecule has 1 atom stereocenters. The van der Waals surface area contributed by atoms with Crippen molar-refractivity contribution in [2.45, 2.75) is 44.2 Å².